The zero-order valence-corrected chi connectivity index (χ0v) is 21.0. The normalized spacial score (nSPS) is 11.5. The fraction of sp³-hybridized carbons (Fsp3) is 0.0938. The van der Waals surface area contributed by atoms with E-state index in [4.69, 9.17) is 16.9 Å². The van der Waals surface area contributed by atoms with E-state index in [9.17, 15) is 14.4 Å². The molecule has 0 aliphatic carbocycles. The smallest absolute Gasteiger partial charge is 0.405 e. The van der Waals surface area contributed by atoms with Gasteiger partial charge in [0.2, 0.25) is 5.91 Å². The van der Waals surface area contributed by atoms with Gasteiger partial charge in [0.05, 0.1) is 6.42 Å². The Hall–Kier alpha value is -5.35. The first kappa shape index (κ1) is 26.7. The van der Waals surface area contributed by atoms with Crippen LogP contribution >= 0.6 is 0 Å². The first-order chi connectivity index (χ1) is 18.9. The van der Waals surface area contributed by atoms with Crippen LogP contribution in [-0.2, 0) is 19.9 Å². The summed E-state index contributed by atoms with van der Waals surface area (Å²) in [5.74, 6) is 1.25. The van der Waals surface area contributed by atoms with Gasteiger partial charge in [0.1, 0.15) is 5.54 Å². The summed E-state index contributed by atoms with van der Waals surface area (Å²) < 4.78 is 5.07. The fourth-order valence-electron chi connectivity index (χ4n) is 4.41. The van der Waals surface area contributed by atoms with E-state index in [1.807, 2.05) is 91.0 Å². The van der Waals surface area contributed by atoms with Crippen LogP contribution in [0.2, 0.25) is 0 Å². The molecule has 0 bridgehead atoms. The van der Waals surface area contributed by atoms with Crippen LogP contribution in [0.3, 0.4) is 0 Å². The number of amides is 3. The molecule has 4 rings (SSSR count). The second-order valence-corrected chi connectivity index (χ2v) is 8.74. The zero-order valence-electron chi connectivity index (χ0n) is 21.0. The molecule has 0 fully saturated rings. The lowest BCUT2D eigenvalue weighted by Gasteiger charge is -2.37. The Morgan fingerprint density at radius 3 is 1.64 bits per heavy atom. The minimum Gasteiger partial charge on any atom is -0.436 e. The summed E-state index contributed by atoms with van der Waals surface area (Å²) in [5, 5.41) is 5.79. The molecule has 1 atom stereocenters. The highest BCUT2D eigenvalue weighted by Crippen LogP contribution is 2.37. The molecular formula is C32H27N3O4. The Kier molecular flexibility index (Phi) is 8.40. The van der Waals surface area contributed by atoms with Crippen molar-refractivity contribution in [1.29, 1.82) is 0 Å². The van der Waals surface area contributed by atoms with Crippen molar-refractivity contribution in [3.8, 4) is 12.3 Å². The lowest BCUT2D eigenvalue weighted by atomic mass is 9.77. The van der Waals surface area contributed by atoms with E-state index in [1.165, 1.54) is 0 Å². The highest BCUT2D eigenvalue weighted by Gasteiger charge is 2.39. The number of nitrogens with one attached hydrogen (secondary N) is 2. The van der Waals surface area contributed by atoms with Gasteiger partial charge in [-0.3, -0.25) is 9.59 Å². The molecule has 0 aromatic heterocycles. The van der Waals surface area contributed by atoms with Gasteiger partial charge in [0.25, 0.3) is 5.91 Å². The first-order valence-electron chi connectivity index (χ1n) is 12.2. The Bertz CT molecular complexity index is 1370. The van der Waals surface area contributed by atoms with E-state index in [-0.39, 0.29) is 0 Å². The first-order valence-corrected chi connectivity index (χ1v) is 12.2. The van der Waals surface area contributed by atoms with E-state index in [0.717, 1.165) is 16.7 Å². The minimum atomic E-state index is -1.48. The van der Waals surface area contributed by atoms with E-state index < -0.39 is 36.0 Å². The van der Waals surface area contributed by atoms with Crippen molar-refractivity contribution >= 4 is 23.6 Å². The number of carbonyl (C=O) groups is 3. The fourth-order valence-corrected chi connectivity index (χ4v) is 4.41. The second kappa shape index (κ2) is 12.3. The Balaban J connectivity index is 1.68. The van der Waals surface area contributed by atoms with Crippen LogP contribution in [0.5, 0.6) is 0 Å². The molecule has 0 radical (unpaired) electrons. The third-order valence-electron chi connectivity index (χ3n) is 6.19. The number of terminal acetylenes is 1. The van der Waals surface area contributed by atoms with Crippen molar-refractivity contribution in [2.45, 2.75) is 18.1 Å². The van der Waals surface area contributed by atoms with Crippen molar-refractivity contribution in [1.82, 2.24) is 5.32 Å². The number of hydrogen-bond acceptors (Lipinski definition) is 4. The standard InChI is InChI=1S/C32H27N3O4/c1-2-23-18-20-27(21-19-23)34-30(37)28(39-31(33)38)22-29(36)35-32(24-12-6-3-7-13-24,25-14-8-4-9-15-25)26-16-10-5-11-17-26/h1,3-21,28H,22H2,(H2,33,38)(H,34,37)(H,35,36). The lowest BCUT2D eigenvalue weighted by molar-refractivity contribution is -0.131. The number of carbonyl (C=O) groups excluding carboxylic acids is 3. The maximum Gasteiger partial charge on any atom is 0.405 e. The quantitative estimate of drug-likeness (QED) is 0.223. The molecule has 4 aromatic carbocycles. The SMILES string of the molecule is C#Cc1ccc(NC(=O)C(CC(=O)NC(c2ccccc2)(c2ccccc2)c2ccccc2)OC(N)=O)cc1. The molecule has 3 amide bonds. The lowest BCUT2D eigenvalue weighted by Crippen LogP contribution is -2.49. The van der Waals surface area contributed by atoms with Crippen LogP contribution in [0.4, 0.5) is 10.5 Å². The van der Waals surface area contributed by atoms with Gasteiger partial charge in [-0.1, -0.05) is 96.9 Å². The molecule has 0 spiro atoms. The van der Waals surface area contributed by atoms with E-state index in [2.05, 4.69) is 16.6 Å². The Labute approximate surface area is 227 Å². The number of hydrogen-bond donors (Lipinski definition) is 3. The van der Waals surface area contributed by atoms with Gasteiger partial charge < -0.3 is 21.1 Å². The van der Waals surface area contributed by atoms with Gasteiger partial charge >= 0.3 is 6.09 Å². The minimum absolute atomic E-state index is 0.421. The summed E-state index contributed by atoms with van der Waals surface area (Å²) in [4.78, 5) is 38.4. The summed E-state index contributed by atoms with van der Waals surface area (Å²) in [6, 6.07) is 35.1. The highest BCUT2D eigenvalue weighted by molar-refractivity contribution is 5.98. The highest BCUT2D eigenvalue weighted by atomic mass is 16.6. The summed E-state index contributed by atoms with van der Waals surface area (Å²) >= 11 is 0. The molecule has 0 saturated carbocycles. The molecule has 194 valence electrons. The van der Waals surface area contributed by atoms with Gasteiger partial charge in [-0.2, -0.15) is 0 Å². The number of nitrogens with two attached hydrogens (primary N) is 1. The molecule has 0 saturated heterocycles. The zero-order chi connectivity index (χ0) is 27.7. The van der Waals surface area contributed by atoms with Crippen LogP contribution in [0.15, 0.2) is 115 Å². The predicted octanol–water partition coefficient (Wildman–Crippen LogP) is 4.57. The van der Waals surface area contributed by atoms with E-state index >= 15 is 0 Å². The van der Waals surface area contributed by atoms with Crippen molar-refractivity contribution in [2.75, 3.05) is 5.32 Å². The molecular weight excluding hydrogens is 490 g/mol. The molecule has 0 aliphatic rings. The Morgan fingerprint density at radius 2 is 1.23 bits per heavy atom. The Morgan fingerprint density at radius 1 is 0.769 bits per heavy atom. The predicted molar refractivity (Wildman–Crippen MR) is 149 cm³/mol. The van der Waals surface area contributed by atoms with Gasteiger partial charge in [-0.05, 0) is 41.0 Å². The molecule has 7 heteroatoms. The molecule has 39 heavy (non-hydrogen) atoms. The van der Waals surface area contributed by atoms with Crippen LogP contribution in [0.25, 0.3) is 0 Å². The van der Waals surface area contributed by atoms with Gasteiger partial charge in [0.15, 0.2) is 6.10 Å². The van der Waals surface area contributed by atoms with Crippen molar-refractivity contribution in [3.63, 3.8) is 0 Å². The summed E-state index contributed by atoms with van der Waals surface area (Å²) in [7, 11) is 0. The van der Waals surface area contributed by atoms with Crippen molar-refractivity contribution in [2.24, 2.45) is 5.73 Å². The summed E-state index contributed by atoms with van der Waals surface area (Å²) in [6.07, 6.45) is 2.26. The van der Waals surface area contributed by atoms with Crippen LogP contribution in [0.1, 0.15) is 28.7 Å². The molecule has 4 N–H and O–H groups in total. The topological polar surface area (TPSA) is 111 Å². The van der Waals surface area contributed by atoms with Crippen molar-refractivity contribution in [3.05, 3.63) is 138 Å². The van der Waals surface area contributed by atoms with Gasteiger partial charge in [-0.25, -0.2) is 4.79 Å². The second-order valence-electron chi connectivity index (χ2n) is 8.74. The molecule has 4 aromatic rings. The maximum absolute atomic E-state index is 13.7. The third-order valence-corrected chi connectivity index (χ3v) is 6.19. The van der Waals surface area contributed by atoms with Gasteiger partial charge in [-0.15, -0.1) is 6.42 Å². The van der Waals surface area contributed by atoms with Crippen molar-refractivity contribution < 1.29 is 19.1 Å². The number of rotatable bonds is 9. The third kappa shape index (κ3) is 6.32. The monoisotopic (exact) mass is 517 g/mol. The van der Waals surface area contributed by atoms with Crippen LogP contribution in [-0.4, -0.2) is 24.0 Å². The van der Waals surface area contributed by atoms with Crippen LogP contribution < -0.4 is 16.4 Å². The number of anilines is 1. The molecule has 7 nitrogen and oxygen atoms in total. The summed E-state index contributed by atoms with van der Waals surface area (Å²) in [5.41, 5.74) is 7.62. The van der Waals surface area contributed by atoms with E-state index in [0.29, 0.717) is 11.3 Å². The number of primary amides is 1. The average molecular weight is 518 g/mol. The molecule has 0 heterocycles. The molecule has 0 aliphatic heterocycles. The largest absolute Gasteiger partial charge is 0.436 e. The molecule has 1 unspecified atom stereocenters. The number of benzene rings is 4. The summed E-state index contributed by atoms with van der Waals surface area (Å²) in [6.45, 7) is 0. The maximum atomic E-state index is 13.7. The van der Waals surface area contributed by atoms with Crippen LogP contribution in [0, 0.1) is 12.3 Å². The van der Waals surface area contributed by atoms with E-state index in [1.54, 1.807) is 24.3 Å². The van der Waals surface area contributed by atoms with Gasteiger partial charge in [0, 0.05) is 11.3 Å². The number of ether oxygens (including phenoxy) is 1. The average Bonchev–Trinajstić information content (AvgIpc) is 2.97.